The summed E-state index contributed by atoms with van der Waals surface area (Å²) in [6, 6.07) is 7.49. The number of anilines is 2. The van der Waals surface area contributed by atoms with E-state index in [2.05, 4.69) is 25.6 Å². The number of hydrogen-bond donors (Lipinski definition) is 7. The molecular formula is C37H42F8N10O7. The average Bonchev–Trinajstić information content (AvgIpc) is 3.65. The van der Waals surface area contributed by atoms with Gasteiger partial charge in [0.1, 0.15) is 0 Å². The first-order valence-corrected chi connectivity index (χ1v) is 18.2. The minimum atomic E-state index is -5.08. The fourth-order valence-corrected chi connectivity index (χ4v) is 5.80. The van der Waals surface area contributed by atoms with E-state index in [4.69, 9.17) is 41.7 Å². The number of carbonyl (C=O) groups excluding carboxylic acids is 2. The van der Waals surface area contributed by atoms with Gasteiger partial charge in [0.2, 0.25) is 11.7 Å². The van der Waals surface area contributed by atoms with Gasteiger partial charge in [-0.05, 0) is 68.0 Å². The van der Waals surface area contributed by atoms with Crippen molar-refractivity contribution in [3.63, 3.8) is 0 Å². The Balaban J connectivity index is 0.000000629. The topological polar surface area (TPSA) is 266 Å². The summed E-state index contributed by atoms with van der Waals surface area (Å²) in [5, 5.41) is 20.6. The van der Waals surface area contributed by atoms with Gasteiger partial charge < -0.3 is 47.7 Å². The third-order valence-electron chi connectivity index (χ3n) is 8.88. The van der Waals surface area contributed by atoms with E-state index in [9.17, 15) is 44.7 Å². The van der Waals surface area contributed by atoms with E-state index < -0.39 is 42.0 Å². The Morgan fingerprint density at radius 2 is 1.58 bits per heavy atom. The molecule has 1 aliphatic rings. The molecule has 62 heavy (non-hydrogen) atoms. The summed E-state index contributed by atoms with van der Waals surface area (Å²) < 4.78 is 99.3. The second-order valence-electron chi connectivity index (χ2n) is 13.1. The highest BCUT2D eigenvalue weighted by Crippen LogP contribution is 2.32. The average molecular weight is 891 g/mol. The molecule has 0 radical (unpaired) electrons. The first kappa shape index (κ1) is 49.6. The van der Waals surface area contributed by atoms with Crippen molar-refractivity contribution in [3.05, 3.63) is 71.7 Å². The highest BCUT2D eigenvalue weighted by Gasteiger charge is 2.39. The van der Waals surface area contributed by atoms with E-state index in [1.165, 1.54) is 31.6 Å². The number of nitrogens with one attached hydrogen (secondary N) is 2. The maximum atomic E-state index is 14.9. The first-order chi connectivity index (χ1) is 29.0. The summed E-state index contributed by atoms with van der Waals surface area (Å²) >= 11 is 0. The second kappa shape index (κ2) is 21.6. The number of ether oxygens (including phenoxy) is 1. The van der Waals surface area contributed by atoms with Crippen molar-refractivity contribution in [2.45, 2.75) is 63.5 Å². The van der Waals surface area contributed by atoms with Gasteiger partial charge in [0.25, 0.3) is 5.91 Å². The number of likely N-dealkylation sites (tertiary alicyclic amines) is 1. The van der Waals surface area contributed by atoms with Gasteiger partial charge in [0.05, 0.1) is 25.0 Å². The minimum absolute atomic E-state index is 0.0126. The Bertz CT molecular complexity index is 2220. The zero-order chi connectivity index (χ0) is 46.5. The van der Waals surface area contributed by atoms with Crippen LogP contribution in [-0.4, -0.2) is 110 Å². The standard InChI is InChI=1S/C33H40F2N10O3.2C2HF3O2/c1-3-19-17-21(42-29-30-41-18-25(45(30)16-13-39-29)23-8-9-26(48-2)28(35)27(23)34)6-7-22(19)31(46)43-20-10-14-44(15-11-20)32(47)24(36)5-4-12-40-33(37)38;2*3-2(4,5)1(6)7/h6-9,13,16-18,20,24H,3-5,10-12,14-15,36H2,1-2H3,(H,39,42)(H,43,46)(H4,37,38,40);2*(H,6,7)/t24-;;/m0../s1. The van der Waals surface area contributed by atoms with E-state index in [-0.39, 0.29) is 35.1 Å². The molecule has 0 unspecified atom stereocenters. The van der Waals surface area contributed by atoms with E-state index in [1.54, 1.807) is 27.6 Å². The van der Waals surface area contributed by atoms with Crippen LogP contribution >= 0.6 is 0 Å². The van der Waals surface area contributed by atoms with Gasteiger partial charge in [0.15, 0.2) is 29.0 Å². The molecule has 1 aliphatic heterocycles. The van der Waals surface area contributed by atoms with E-state index in [1.807, 2.05) is 13.0 Å². The molecule has 5 rings (SSSR count). The second-order valence-corrected chi connectivity index (χ2v) is 13.1. The summed E-state index contributed by atoms with van der Waals surface area (Å²) in [7, 11) is 1.27. The highest BCUT2D eigenvalue weighted by atomic mass is 19.4. The molecule has 3 heterocycles. The van der Waals surface area contributed by atoms with Crippen LogP contribution in [0.5, 0.6) is 5.75 Å². The normalized spacial score (nSPS) is 13.4. The van der Waals surface area contributed by atoms with Crippen molar-refractivity contribution in [2.24, 2.45) is 22.2 Å². The number of carboxylic acids is 2. The molecule has 1 fully saturated rings. The summed E-state index contributed by atoms with van der Waals surface area (Å²) in [5.41, 5.74) is 19.6. The van der Waals surface area contributed by atoms with Crippen LogP contribution in [0.4, 0.5) is 46.6 Å². The van der Waals surface area contributed by atoms with Crippen LogP contribution in [0.1, 0.15) is 48.5 Å². The van der Waals surface area contributed by atoms with Crippen LogP contribution in [0, 0.1) is 11.6 Å². The molecule has 0 saturated carbocycles. The van der Waals surface area contributed by atoms with Gasteiger partial charge >= 0.3 is 24.3 Å². The van der Waals surface area contributed by atoms with Gasteiger partial charge in [0, 0.05) is 54.9 Å². The number of carbonyl (C=O) groups is 4. The fraction of sp³-hybridized carbons (Fsp3) is 0.378. The Kier molecular flexibility index (Phi) is 17.3. The number of amides is 2. The van der Waals surface area contributed by atoms with Gasteiger partial charge in [-0.25, -0.2) is 23.9 Å². The SMILES string of the molecule is CCc1cc(Nc2nccn3c(-c4ccc(OC)c(F)c4F)cnc23)ccc1C(=O)NC1CCN(C(=O)[C@@H](N)CCCN=C(N)N)CC1.O=C(O)C(F)(F)F.O=C(O)C(F)(F)F. The Morgan fingerprint density at radius 3 is 2.13 bits per heavy atom. The lowest BCUT2D eigenvalue weighted by Crippen LogP contribution is -2.51. The lowest BCUT2D eigenvalue weighted by molar-refractivity contribution is -0.193. The maximum absolute atomic E-state index is 14.9. The molecule has 2 amide bonds. The van der Waals surface area contributed by atoms with Gasteiger partial charge in [-0.3, -0.25) is 19.0 Å². The Labute approximate surface area is 346 Å². The van der Waals surface area contributed by atoms with E-state index >= 15 is 0 Å². The van der Waals surface area contributed by atoms with Gasteiger partial charge in [-0.2, -0.15) is 30.7 Å². The maximum Gasteiger partial charge on any atom is 0.490 e. The van der Waals surface area contributed by atoms with Crippen LogP contribution in [0.25, 0.3) is 16.9 Å². The number of hydrogen-bond acceptors (Lipinski definition) is 10. The van der Waals surface area contributed by atoms with Crippen LogP contribution in [0.2, 0.25) is 0 Å². The summed E-state index contributed by atoms with van der Waals surface area (Å²) in [6.45, 7) is 3.39. The van der Waals surface area contributed by atoms with Crippen molar-refractivity contribution < 1.29 is 69.3 Å². The predicted octanol–water partition coefficient (Wildman–Crippen LogP) is 4.36. The first-order valence-electron chi connectivity index (χ1n) is 18.2. The number of aryl methyl sites for hydroxylation is 1. The smallest absolute Gasteiger partial charge is 0.490 e. The van der Waals surface area contributed by atoms with Crippen molar-refractivity contribution in [3.8, 4) is 17.0 Å². The lowest BCUT2D eigenvalue weighted by atomic mass is 10.0. The molecule has 0 bridgehead atoms. The predicted molar refractivity (Wildman–Crippen MR) is 206 cm³/mol. The fourth-order valence-electron chi connectivity index (χ4n) is 5.80. The third-order valence-corrected chi connectivity index (χ3v) is 8.88. The Morgan fingerprint density at radius 1 is 0.968 bits per heavy atom. The number of nitrogens with zero attached hydrogens (tertiary/aromatic N) is 5. The number of guanidine groups is 1. The zero-order valence-electron chi connectivity index (χ0n) is 32.9. The quantitative estimate of drug-likeness (QED) is 0.0452. The molecular weight excluding hydrogens is 848 g/mol. The molecule has 0 aliphatic carbocycles. The van der Waals surface area contributed by atoms with Crippen molar-refractivity contribution in [1.29, 1.82) is 0 Å². The van der Waals surface area contributed by atoms with E-state index in [0.29, 0.717) is 80.1 Å². The van der Waals surface area contributed by atoms with Gasteiger partial charge in [-0.15, -0.1) is 0 Å². The monoisotopic (exact) mass is 890 g/mol. The molecule has 2 aromatic carbocycles. The molecule has 2 aromatic heterocycles. The number of aliphatic imine (C=N–C) groups is 1. The molecule has 1 atom stereocenters. The number of piperidine rings is 1. The largest absolute Gasteiger partial charge is 0.494 e. The van der Waals surface area contributed by atoms with Crippen molar-refractivity contribution in [2.75, 3.05) is 32.1 Å². The molecule has 0 spiro atoms. The number of halogens is 8. The zero-order valence-corrected chi connectivity index (χ0v) is 32.9. The molecule has 4 aromatic rings. The highest BCUT2D eigenvalue weighted by molar-refractivity contribution is 5.96. The number of fused-ring (bicyclic) bond motifs is 1. The number of nitrogens with two attached hydrogens (primary N) is 3. The van der Waals surface area contributed by atoms with Crippen molar-refractivity contribution >= 4 is 46.9 Å². The molecule has 17 nitrogen and oxygen atoms in total. The summed E-state index contributed by atoms with van der Waals surface area (Å²) in [6.07, 6.45) is -2.65. The number of aromatic nitrogens is 3. The third kappa shape index (κ3) is 13.6. The number of carboxylic acid groups (broad SMARTS) is 2. The summed E-state index contributed by atoms with van der Waals surface area (Å²) in [5.74, 6) is -7.72. The Hall–Kier alpha value is -6.79. The molecule has 338 valence electrons. The number of methoxy groups -OCH3 is 1. The number of rotatable bonds is 12. The van der Waals surface area contributed by atoms with Gasteiger partial charge in [-0.1, -0.05) is 6.92 Å². The number of benzene rings is 2. The van der Waals surface area contributed by atoms with Crippen LogP contribution in [0.15, 0.2) is 53.9 Å². The summed E-state index contributed by atoms with van der Waals surface area (Å²) in [4.78, 5) is 58.4. The van der Waals surface area contributed by atoms with E-state index in [0.717, 1.165) is 5.56 Å². The minimum Gasteiger partial charge on any atom is -0.494 e. The number of imidazole rings is 1. The van der Waals surface area contributed by atoms with Crippen LogP contribution in [-0.2, 0) is 20.8 Å². The molecule has 10 N–H and O–H groups in total. The lowest BCUT2D eigenvalue weighted by Gasteiger charge is -2.34. The number of aliphatic carboxylic acids is 2. The molecule has 1 saturated heterocycles. The number of alkyl halides is 6. The van der Waals surface area contributed by atoms with Crippen molar-refractivity contribution in [1.82, 2.24) is 24.6 Å². The molecule has 25 heteroatoms. The van der Waals surface area contributed by atoms with Crippen LogP contribution in [0.3, 0.4) is 0 Å². The van der Waals surface area contributed by atoms with Crippen LogP contribution < -0.4 is 32.6 Å².